The highest BCUT2D eigenvalue weighted by Gasteiger charge is 2.32. The second-order valence-corrected chi connectivity index (χ2v) is 6.80. The lowest BCUT2D eigenvalue weighted by Crippen LogP contribution is -2.45. The van der Waals surface area contributed by atoms with Crippen LogP contribution in [0.2, 0.25) is 5.02 Å². The number of aromatic nitrogens is 3. The van der Waals surface area contributed by atoms with E-state index in [1.807, 2.05) is 13.8 Å². The van der Waals surface area contributed by atoms with Crippen molar-refractivity contribution in [1.82, 2.24) is 20.7 Å². The number of amides is 1. The summed E-state index contributed by atoms with van der Waals surface area (Å²) in [5.74, 6) is -0.596. The topological polar surface area (TPSA) is 70.7 Å². The Kier molecular flexibility index (Phi) is 4.10. The first kappa shape index (κ1) is 15.9. The summed E-state index contributed by atoms with van der Waals surface area (Å²) in [4.78, 5) is 12.6. The Labute approximate surface area is 138 Å². The van der Waals surface area contributed by atoms with Crippen LogP contribution in [0, 0.1) is 11.7 Å². The molecule has 0 spiro atoms. The number of hydrogen-bond acceptors (Lipinski definition) is 3. The Morgan fingerprint density at radius 2 is 2.13 bits per heavy atom. The van der Waals surface area contributed by atoms with Gasteiger partial charge < -0.3 is 5.32 Å². The molecule has 1 atom stereocenters. The minimum Gasteiger partial charge on any atom is -0.347 e. The molecule has 1 aromatic heterocycles. The fourth-order valence-corrected chi connectivity index (χ4v) is 3.39. The molecule has 5 nitrogen and oxygen atoms in total. The Morgan fingerprint density at radius 1 is 1.39 bits per heavy atom. The lowest BCUT2D eigenvalue weighted by molar-refractivity contribution is -0.127. The summed E-state index contributed by atoms with van der Waals surface area (Å²) in [7, 11) is 0. The highest BCUT2D eigenvalue weighted by molar-refractivity contribution is 6.31. The molecular formula is C16H18ClFN4O. The minimum absolute atomic E-state index is 0.0518. The smallest absolute Gasteiger partial charge is 0.224 e. The fraction of sp³-hybridized carbons (Fsp3) is 0.438. The maximum absolute atomic E-state index is 13.2. The van der Waals surface area contributed by atoms with Crippen molar-refractivity contribution in [1.29, 1.82) is 0 Å². The zero-order valence-electron chi connectivity index (χ0n) is 13.0. The van der Waals surface area contributed by atoms with Crippen molar-refractivity contribution in [3.05, 3.63) is 46.0 Å². The first-order valence-corrected chi connectivity index (χ1v) is 7.90. The summed E-state index contributed by atoms with van der Waals surface area (Å²) < 4.78 is 13.2. The van der Waals surface area contributed by atoms with Crippen LogP contribution in [0.4, 0.5) is 4.39 Å². The number of H-pyrrole nitrogens is 1. The van der Waals surface area contributed by atoms with E-state index < -0.39 is 11.4 Å². The first-order chi connectivity index (χ1) is 10.9. The summed E-state index contributed by atoms with van der Waals surface area (Å²) >= 11 is 6.12. The van der Waals surface area contributed by atoms with E-state index >= 15 is 0 Å². The van der Waals surface area contributed by atoms with Crippen molar-refractivity contribution < 1.29 is 9.18 Å². The lowest BCUT2D eigenvalue weighted by Gasteiger charge is -2.31. The molecule has 122 valence electrons. The number of rotatable bonds is 3. The monoisotopic (exact) mass is 336 g/mol. The first-order valence-electron chi connectivity index (χ1n) is 7.53. The third kappa shape index (κ3) is 3.22. The van der Waals surface area contributed by atoms with Crippen LogP contribution in [0.3, 0.4) is 0 Å². The summed E-state index contributed by atoms with van der Waals surface area (Å²) in [6.45, 7) is 3.71. The zero-order chi connectivity index (χ0) is 16.6. The molecule has 1 heterocycles. The molecule has 0 aliphatic heterocycles. The van der Waals surface area contributed by atoms with E-state index in [4.69, 9.17) is 11.6 Å². The third-order valence-corrected chi connectivity index (χ3v) is 4.60. The summed E-state index contributed by atoms with van der Waals surface area (Å²) in [6, 6.07) is 4.21. The molecule has 23 heavy (non-hydrogen) atoms. The van der Waals surface area contributed by atoms with Gasteiger partial charge in [-0.15, -0.1) is 0 Å². The van der Waals surface area contributed by atoms with Gasteiger partial charge in [0, 0.05) is 17.4 Å². The molecule has 2 N–H and O–H groups in total. The predicted octanol–water partition coefficient (Wildman–Crippen LogP) is 2.75. The van der Waals surface area contributed by atoms with E-state index in [-0.39, 0.29) is 11.8 Å². The van der Waals surface area contributed by atoms with Crippen LogP contribution in [0.25, 0.3) is 0 Å². The van der Waals surface area contributed by atoms with E-state index in [1.165, 1.54) is 12.1 Å². The van der Waals surface area contributed by atoms with Gasteiger partial charge in [-0.3, -0.25) is 4.79 Å². The molecule has 0 bridgehead atoms. The van der Waals surface area contributed by atoms with E-state index in [9.17, 15) is 9.18 Å². The number of aryl methyl sites for hydroxylation is 1. The molecule has 1 amide bonds. The fourth-order valence-electron chi connectivity index (χ4n) is 2.98. The Hall–Kier alpha value is -1.95. The number of halogens is 2. The van der Waals surface area contributed by atoms with Gasteiger partial charge in [0.05, 0.1) is 16.9 Å². The van der Waals surface area contributed by atoms with Crippen molar-refractivity contribution in [2.24, 2.45) is 5.92 Å². The molecule has 0 saturated carbocycles. The number of nitrogens with one attached hydrogen (secondary N) is 2. The van der Waals surface area contributed by atoms with Gasteiger partial charge in [-0.25, -0.2) is 4.39 Å². The molecule has 0 saturated heterocycles. The second-order valence-electron chi connectivity index (χ2n) is 6.40. The molecule has 3 rings (SSSR count). The van der Waals surface area contributed by atoms with E-state index in [1.54, 1.807) is 6.07 Å². The normalized spacial score (nSPS) is 17.7. The number of nitrogens with zero attached hydrogens (tertiary/aromatic N) is 2. The van der Waals surface area contributed by atoms with E-state index in [2.05, 4.69) is 20.7 Å². The lowest BCUT2D eigenvalue weighted by atomic mass is 9.87. The van der Waals surface area contributed by atoms with Crippen LogP contribution < -0.4 is 5.32 Å². The maximum atomic E-state index is 13.2. The summed E-state index contributed by atoms with van der Waals surface area (Å²) in [6.07, 6.45) is 2.05. The van der Waals surface area contributed by atoms with Crippen molar-refractivity contribution in [2.45, 2.75) is 38.6 Å². The average molecular weight is 337 g/mol. The van der Waals surface area contributed by atoms with Crippen molar-refractivity contribution in [2.75, 3.05) is 0 Å². The number of hydrogen-bond donors (Lipinski definition) is 2. The molecular weight excluding hydrogens is 319 g/mol. The highest BCUT2D eigenvalue weighted by atomic mass is 35.5. The summed E-state index contributed by atoms with van der Waals surface area (Å²) in [5.41, 5.74) is 1.79. The average Bonchev–Trinajstić information content (AvgIpc) is 2.93. The van der Waals surface area contributed by atoms with Gasteiger partial charge in [0.25, 0.3) is 0 Å². The van der Waals surface area contributed by atoms with Crippen LogP contribution in [0.15, 0.2) is 18.2 Å². The van der Waals surface area contributed by atoms with Crippen LogP contribution in [0.5, 0.6) is 0 Å². The quantitative estimate of drug-likeness (QED) is 0.905. The molecule has 7 heteroatoms. The maximum Gasteiger partial charge on any atom is 0.224 e. The van der Waals surface area contributed by atoms with Gasteiger partial charge in [0.1, 0.15) is 5.82 Å². The van der Waals surface area contributed by atoms with E-state index in [0.29, 0.717) is 17.0 Å². The van der Waals surface area contributed by atoms with Gasteiger partial charge >= 0.3 is 0 Å². The standard InChI is InChI=1S/C16H18ClFN4O/c1-16(2,11-5-4-10(18)8-12(11)17)19-15(23)9-3-6-13-14(7-9)21-22-20-13/h4-5,8-9H,3,6-7H2,1-2H3,(H,19,23)(H,20,21,22)/t9-/m0/s1. The molecule has 1 aliphatic carbocycles. The van der Waals surface area contributed by atoms with Crippen molar-refractivity contribution in [3.63, 3.8) is 0 Å². The Morgan fingerprint density at radius 3 is 2.87 bits per heavy atom. The molecule has 1 aliphatic rings. The third-order valence-electron chi connectivity index (χ3n) is 4.28. The number of carbonyl (C=O) groups excluding carboxylic acids is 1. The van der Waals surface area contributed by atoms with Crippen LogP contribution in [-0.4, -0.2) is 21.3 Å². The van der Waals surface area contributed by atoms with Crippen LogP contribution in [0.1, 0.15) is 37.2 Å². The van der Waals surface area contributed by atoms with Gasteiger partial charge in [0.2, 0.25) is 5.91 Å². The van der Waals surface area contributed by atoms with Crippen LogP contribution >= 0.6 is 11.6 Å². The molecule has 1 aromatic carbocycles. The molecule has 0 fully saturated rings. The number of aromatic amines is 1. The van der Waals surface area contributed by atoms with Gasteiger partial charge in [-0.1, -0.05) is 17.7 Å². The van der Waals surface area contributed by atoms with Gasteiger partial charge in [-0.2, -0.15) is 15.4 Å². The predicted molar refractivity (Wildman–Crippen MR) is 84.5 cm³/mol. The number of fused-ring (bicyclic) bond motifs is 1. The van der Waals surface area contributed by atoms with Crippen molar-refractivity contribution >= 4 is 17.5 Å². The SMILES string of the molecule is CC(C)(NC(=O)[C@H]1CCc2n[nH]nc2C1)c1ccc(F)cc1Cl. The van der Waals surface area contributed by atoms with Crippen LogP contribution in [-0.2, 0) is 23.2 Å². The van der Waals surface area contributed by atoms with Gasteiger partial charge in [-0.05, 0) is 44.4 Å². The molecule has 0 radical (unpaired) electrons. The Bertz CT molecular complexity index is 743. The highest BCUT2D eigenvalue weighted by Crippen LogP contribution is 2.30. The number of benzene rings is 1. The molecule has 2 aromatic rings. The Balaban J connectivity index is 1.74. The molecule has 0 unspecified atom stereocenters. The minimum atomic E-state index is -0.689. The van der Waals surface area contributed by atoms with Crippen molar-refractivity contribution in [3.8, 4) is 0 Å². The largest absolute Gasteiger partial charge is 0.347 e. The summed E-state index contributed by atoms with van der Waals surface area (Å²) in [5, 5.41) is 14.1. The van der Waals surface area contributed by atoms with Gasteiger partial charge in [0.15, 0.2) is 0 Å². The number of carbonyl (C=O) groups is 1. The zero-order valence-corrected chi connectivity index (χ0v) is 13.7. The second kappa shape index (κ2) is 5.92. The van der Waals surface area contributed by atoms with E-state index in [0.717, 1.165) is 24.2 Å².